The van der Waals surface area contributed by atoms with Crippen molar-refractivity contribution in [2.45, 2.75) is 18.6 Å². The van der Waals surface area contributed by atoms with Crippen molar-refractivity contribution in [3.63, 3.8) is 0 Å². The van der Waals surface area contributed by atoms with Gasteiger partial charge in [0.1, 0.15) is 0 Å². The van der Waals surface area contributed by atoms with Gasteiger partial charge in [0, 0.05) is 19.1 Å². The molecule has 1 heterocycles. The minimum absolute atomic E-state index is 0.251. The Morgan fingerprint density at radius 1 is 1.19 bits per heavy atom. The summed E-state index contributed by atoms with van der Waals surface area (Å²) in [6.07, 6.45) is 0.645. The Labute approximate surface area is 95.6 Å². The number of hydrogen-bond donors (Lipinski definition) is 1. The van der Waals surface area contributed by atoms with Gasteiger partial charge in [-0.25, -0.2) is 0 Å². The molecule has 1 saturated heterocycles. The number of aliphatic hydroxyl groups excluding tert-OH is 1. The minimum Gasteiger partial charge on any atom is -0.387 e. The van der Waals surface area contributed by atoms with Crippen LogP contribution in [0.25, 0.3) is 0 Å². The summed E-state index contributed by atoms with van der Waals surface area (Å²) >= 11 is 0. The minimum atomic E-state index is -0.325. The largest absolute Gasteiger partial charge is 0.387 e. The van der Waals surface area contributed by atoms with E-state index in [0.717, 1.165) is 38.3 Å². The zero-order chi connectivity index (χ0) is 11.0. The van der Waals surface area contributed by atoms with Gasteiger partial charge in [0.15, 0.2) is 0 Å². The molecule has 1 aliphatic carbocycles. The number of benzene rings is 1. The fraction of sp³-hybridized carbons (Fsp3) is 0.538. The second kappa shape index (κ2) is 4.17. The van der Waals surface area contributed by atoms with E-state index in [9.17, 15) is 5.11 Å². The summed E-state index contributed by atoms with van der Waals surface area (Å²) in [6.45, 7) is 3.46. The number of nitrogens with zero attached hydrogens (tertiary/aromatic N) is 1. The number of rotatable bonds is 1. The van der Waals surface area contributed by atoms with Crippen molar-refractivity contribution in [3.8, 4) is 0 Å². The summed E-state index contributed by atoms with van der Waals surface area (Å²) in [7, 11) is 0. The molecule has 0 saturated carbocycles. The van der Waals surface area contributed by atoms with E-state index in [4.69, 9.17) is 4.74 Å². The molecule has 3 nitrogen and oxygen atoms in total. The van der Waals surface area contributed by atoms with Gasteiger partial charge < -0.3 is 9.84 Å². The molecule has 1 unspecified atom stereocenters. The van der Waals surface area contributed by atoms with E-state index >= 15 is 0 Å². The molecule has 0 bridgehead atoms. The van der Waals surface area contributed by atoms with Gasteiger partial charge >= 0.3 is 0 Å². The van der Waals surface area contributed by atoms with E-state index in [0.29, 0.717) is 0 Å². The highest BCUT2D eigenvalue weighted by Crippen LogP contribution is 2.34. The molecule has 1 aromatic carbocycles. The summed E-state index contributed by atoms with van der Waals surface area (Å²) in [5.41, 5.74) is 2.41. The standard InChI is InChI=1S/C13H17NO2/c15-13-11-4-2-1-3-10(11)9-12(13)14-5-7-16-8-6-14/h1-4,12-13,15H,5-9H2/t12-,13?/m0/s1. The SMILES string of the molecule is OC1c2ccccc2C[C@@H]1N1CCOCC1. The third kappa shape index (κ3) is 1.65. The van der Waals surface area contributed by atoms with E-state index < -0.39 is 0 Å². The van der Waals surface area contributed by atoms with E-state index in [1.54, 1.807) is 0 Å². The molecular formula is C13H17NO2. The van der Waals surface area contributed by atoms with Gasteiger partial charge in [0.05, 0.1) is 19.3 Å². The Morgan fingerprint density at radius 2 is 1.94 bits per heavy atom. The average molecular weight is 219 g/mol. The van der Waals surface area contributed by atoms with Crippen LogP contribution in [0.2, 0.25) is 0 Å². The van der Waals surface area contributed by atoms with Crippen LogP contribution < -0.4 is 0 Å². The quantitative estimate of drug-likeness (QED) is 0.764. The molecule has 0 aromatic heterocycles. The van der Waals surface area contributed by atoms with Crippen molar-refractivity contribution >= 4 is 0 Å². The lowest BCUT2D eigenvalue weighted by molar-refractivity contribution is -0.0163. The van der Waals surface area contributed by atoms with Crippen LogP contribution in [0.3, 0.4) is 0 Å². The van der Waals surface area contributed by atoms with Gasteiger partial charge in [-0.2, -0.15) is 0 Å². The van der Waals surface area contributed by atoms with Gasteiger partial charge in [-0.05, 0) is 17.5 Å². The van der Waals surface area contributed by atoms with Crippen LogP contribution in [-0.4, -0.2) is 42.4 Å². The summed E-state index contributed by atoms with van der Waals surface area (Å²) < 4.78 is 5.35. The Bertz CT molecular complexity index is 374. The molecule has 1 aromatic rings. The van der Waals surface area contributed by atoms with Crippen LogP contribution >= 0.6 is 0 Å². The Morgan fingerprint density at radius 3 is 2.69 bits per heavy atom. The number of ether oxygens (including phenoxy) is 1. The van der Waals surface area contributed by atoms with Crippen molar-refractivity contribution in [2.24, 2.45) is 0 Å². The Kier molecular flexibility index (Phi) is 2.67. The van der Waals surface area contributed by atoms with Crippen molar-refractivity contribution in [1.29, 1.82) is 0 Å². The van der Waals surface area contributed by atoms with Crippen LogP contribution in [0.4, 0.5) is 0 Å². The molecule has 1 fully saturated rings. The molecule has 0 radical (unpaired) electrons. The Hall–Kier alpha value is -0.900. The van der Waals surface area contributed by atoms with Crippen LogP contribution in [0.1, 0.15) is 17.2 Å². The fourth-order valence-electron chi connectivity index (χ4n) is 2.79. The van der Waals surface area contributed by atoms with E-state index in [2.05, 4.69) is 11.0 Å². The second-order valence-electron chi connectivity index (χ2n) is 4.56. The topological polar surface area (TPSA) is 32.7 Å². The van der Waals surface area contributed by atoms with Gasteiger partial charge in [-0.1, -0.05) is 24.3 Å². The highest BCUT2D eigenvalue weighted by molar-refractivity contribution is 5.35. The van der Waals surface area contributed by atoms with E-state index in [1.165, 1.54) is 5.56 Å². The number of aliphatic hydroxyl groups is 1. The molecule has 1 aliphatic heterocycles. The molecule has 1 N–H and O–H groups in total. The van der Waals surface area contributed by atoms with Crippen LogP contribution in [0.5, 0.6) is 0 Å². The van der Waals surface area contributed by atoms with Gasteiger partial charge in [-0.15, -0.1) is 0 Å². The van der Waals surface area contributed by atoms with Crippen LogP contribution in [0.15, 0.2) is 24.3 Å². The first kappa shape index (κ1) is 10.3. The zero-order valence-electron chi connectivity index (χ0n) is 9.30. The second-order valence-corrected chi connectivity index (χ2v) is 4.56. The average Bonchev–Trinajstić information content (AvgIpc) is 2.69. The molecule has 16 heavy (non-hydrogen) atoms. The predicted molar refractivity (Wildman–Crippen MR) is 61.3 cm³/mol. The number of morpholine rings is 1. The maximum atomic E-state index is 10.3. The highest BCUT2D eigenvalue weighted by Gasteiger charge is 2.35. The van der Waals surface area contributed by atoms with Crippen molar-refractivity contribution in [3.05, 3.63) is 35.4 Å². The zero-order valence-corrected chi connectivity index (χ0v) is 9.30. The molecule has 3 heteroatoms. The third-order valence-electron chi connectivity index (χ3n) is 3.68. The van der Waals surface area contributed by atoms with Crippen molar-refractivity contribution < 1.29 is 9.84 Å². The number of fused-ring (bicyclic) bond motifs is 1. The summed E-state index contributed by atoms with van der Waals surface area (Å²) in [4.78, 5) is 2.36. The van der Waals surface area contributed by atoms with E-state index in [-0.39, 0.29) is 12.1 Å². The predicted octanol–water partition coefficient (Wildman–Crippen LogP) is 0.977. The maximum Gasteiger partial charge on any atom is 0.0951 e. The fourth-order valence-corrected chi connectivity index (χ4v) is 2.79. The molecule has 86 valence electrons. The third-order valence-corrected chi connectivity index (χ3v) is 3.68. The first-order valence-corrected chi connectivity index (χ1v) is 5.94. The van der Waals surface area contributed by atoms with Crippen LogP contribution in [-0.2, 0) is 11.2 Å². The maximum absolute atomic E-state index is 10.3. The Balaban J connectivity index is 1.80. The molecule has 2 atom stereocenters. The normalized spacial score (nSPS) is 30.3. The van der Waals surface area contributed by atoms with Gasteiger partial charge in [-0.3, -0.25) is 4.90 Å². The molecule has 0 amide bonds. The lowest BCUT2D eigenvalue weighted by Crippen LogP contribution is -2.45. The smallest absolute Gasteiger partial charge is 0.0951 e. The highest BCUT2D eigenvalue weighted by atomic mass is 16.5. The first-order valence-electron chi connectivity index (χ1n) is 5.94. The van der Waals surface area contributed by atoms with Crippen molar-refractivity contribution in [2.75, 3.05) is 26.3 Å². The monoisotopic (exact) mass is 219 g/mol. The summed E-state index contributed by atoms with van der Waals surface area (Å²) in [6, 6.07) is 8.47. The van der Waals surface area contributed by atoms with Gasteiger partial charge in [0.25, 0.3) is 0 Å². The lowest BCUT2D eigenvalue weighted by Gasteiger charge is -2.33. The lowest BCUT2D eigenvalue weighted by atomic mass is 10.1. The summed E-state index contributed by atoms with van der Waals surface area (Å²) in [5.74, 6) is 0. The molecule has 2 aliphatic rings. The van der Waals surface area contributed by atoms with Crippen molar-refractivity contribution in [1.82, 2.24) is 4.90 Å². The molecular weight excluding hydrogens is 202 g/mol. The van der Waals surface area contributed by atoms with E-state index in [1.807, 2.05) is 18.2 Å². The van der Waals surface area contributed by atoms with Gasteiger partial charge in [0.2, 0.25) is 0 Å². The summed E-state index contributed by atoms with van der Waals surface area (Å²) in [5, 5.41) is 10.3. The van der Waals surface area contributed by atoms with Crippen LogP contribution in [0, 0.1) is 0 Å². The first-order chi connectivity index (χ1) is 7.86. The molecule has 3 rings (SSSR count). The molecule has 0 spiro atoms. The number of hydrogen-bond acceptors (Lipinski definition) is 3.